The minimum Gasteiger partial charge on any atom is -0.228 e. The zero-order valence-corrected chi connectivity index (χ0v) is 31.9. The average Bonchev–Trinajstić information content (AvgIpc) is 3.51. The van der Waals surface area contributed by atoms with Crippen molar-refractivity contribution in [2.24, 2.45) is 0 Å². The second-order valence-corrected chi connectivity index (χ2v) is 15.7. The van der Waals surface area contributed by atoms with Gasteiger partial charge in [-0.15, -0.1) is 0 Å². The van der Waals surface area contributed by atoms with Crippen LogP contribution in [0.25, 0.3) is 99.6 Å². The van der Waals surface area contributed by atoms with Gasteiger partial charge in [0.25, 0.3) is 0 Å². The van der Waals surface area contributed by atoms with Crippen molar-refractivity contribution >= 4 is 32.3 Å². The molecule has 10 aromatic rings. The second kappa shape index (κ2) is 13.0. The molecule has 0 saturated heterocycles. The predicted octanol–water partition coefficient (Wildman–Crippen LogP) is 14.6. The molecular weight excluding hydrogens is 689 g/mol. The zero-order chi connectivity index (χ0) is 38.1. The van der Waals surface area contributed by atoms with Crippen LogP contribution < -0.4 is 0 Å². The number of hydrogen-bond donors (Lipinski definition) is 0. The summed E-state index contributed by atoms with van der Waals surface area (Å²) in [6, 6.07) is 70.2. The molecule has 0 amide bonds. The van der Waals surface area contributed by atoms with E-state index in [0.717, 1.165) is 28.1 Å². The van der Waals surface area contributed by atoms with E-state index >= 15 is 0 Å². The van der Waals surface area contributed by atoms with E-state index in [2.05, 4.69) is 202 Å². The first-order valence-electron chi connectivity index (χ1n) is 19.7. The fraction of sp³-hybridized carbons (Fsp3) is 0.0545. The lowest BCUT2D eigenvalue weighted by molar-refractivity contribution is 0.660. The molecule has 2 heteroatoms. The Labute approximate surface area is 332 Å². The first kappa shape index (κ1) is 33.2. The number of fused-ring (bicyclic) bond motifs is 9. The molecule has 0 aliphatic heterocycles. The molecule has 0 N–H and O–H groups in total. The minimum absolute atomic E-state index is 0.0600. The van der Waals surface area contributed by atoms with Crippen molar-refractivity contribution in [1.29, 1.82) is 0 Å². The molecule has 268 valence electrons. The van der Waals surface area contributed by atoms with Gasteiger partial charge in [-0.1, -0.05) is 190 Å². The molecule has 11 rings (SSSR count). The van der Waals surface area contributed by atoms with Gasteiger partial charge in [-0.2, -0.15) is 0 Å². The molecule has 57 heavy (non-hydrogen) atoms. The molecular formula is C55H38N2. The summed E-state index contributed by atoms with van der Waals surface area (Å²) in [6.07, 6.45) is 0. The van der Waals surface area contributed by atoms with Crippen LogP contribution in [0.15, 0.2) is 194 Å². The highest BCUT2D eigenvalue weighted by molar-refractivity contribution is 6.28. The maximum atomic E-state index is 5.32. The maximum absolute atomic E-state index is 5.32. The molecule has 0 saturated carbocycles. The molecule has 0 fully saturated rings. The van der Waals surface area contributed by atoms with Gasteiger partial charge in [-0.25, -0.2) is 9.97 Å². The largest absolute Gasteiger partial charge is 0.228 e. The van der Waals surface area contributed by atoms with Crippen molar-refractivity contribution in [3.8, 4) is 67.3 Å². The molecule has 1 aliphatic rings. The molecule has 0 atom stereocenters. The topological polar surface area (TPSA) is 25.8 Å². The van der Waals surface area contributed by atoms with E-state index in [-0.39, 0.29) is 5.41 Å². The van der Waals surface area contributed by atoms with E-state index in [1.54, 1.807) is 0 Å². The third kappa shape index (κ3) is 5.40. The van der Waals surface area contributed by atoms with Gasteiger partial charge in [0.2, 0.25) is 0 Å². The van der Waals surface area contributed by atoms with Crippen LogP contribution in [0.3, 0.4) is 0 Å². The third-order valence-electron chi connectivity index (χ3n) is 12.1. The first-order valence-corrected chi connectivity index (χ1v) is 19.7. The van der Waals surface area contributed by atoms with Crippen molar-refractivity contribution in [3.63, 3.8) is 0 Å². The molecule has 9 aromatic carbocycles. The Bertz CT molecular complexity index is 3180. The normalized spacial score (nSPS) is 12.9. The zero-order valence-electron chi connectivity index (χ0n) is 31.9. The standard InChI is InChI=1S/C55H38N2/c1-55(2)49-23-12-11-20-43(49)44-30-28-40(33-50(44)55)39-29-31-46-48(32-39)42-19-10-9-18-41(42)45-21-13-22-47(53(45)46)52-34-51(56-54(57-52)38-16-7-4-8-17-38)37-26-24-36(25-27-37)35-14-5-3-6-15-35/h3-34H,1-2H3. The summed E-state index contributed by atoms with van der Waals surface area (Å²) >= 11 is 0. The summed E-state index contributed by atoms with van der Waals surface area (Å²) in [5.74, 6) is 0.710. The molecule has 1 heterocycles. The number of rotatable bonds is 5. The van der Waals surface area contributed by atoms with E-state index in [1.165, 1.54) is 76.8 Å². The Hall–Kier alpha value is -7.16. The van der Waals surface area contributed by atoms with Crippen LogP contribution in [-0.4, -0.2) is 9.97 Å². The Morgan fingerprint density at radius 1 is 0.316 bits per heavy atom. The highest BCUT2D eigenvalue weighted by Gasteiger charge is 2.35. The second-order valence-electron chi connectivity index (χ2n) is 15.7. The maximum Gasteiger partial charge on any atom is 0.160 e. The molecule has 0 unspecified atom stereocenters. The van der Waals surface area contributed by atoms with Gasteiger partial charge in [0.15, 0.2) is 5.82 Å². The molecule has 1 aliphatic carbocycles. The van der Waals surface area contributed by atoms with Crippen molar-refractivity contribution in [1.82, 2.24) is 9.97 Å². The van der Waals surface area contributed by atoms with E-state index in [1.807, 2.05) is 6.07 Å². The number of aromatic nitrogens is 2. The van der Waals surface area contributed by atoms with Gasteiger partial charge in [-0.3, -0.25) is 0 Å². The van der Waals surface area contributed by atoms with E-state index in [4.69, 9.17) is 9.97 Å². The molecule has 0 radical (unpaired) electrons. The first-order chi connectivity index (χ1) is 28.0. The number of hydrogen-bond acceptors (Lipinski definition) is 2. The van der Waals surface area contributed by atoms with Crippen LogP contribution >= 0.6 is 0 Å². The van der Waals surface area contributed by atoms with Gasteiger partial charge in [0, 0.05) is 22.1 Å². The average molecular weight is 727 g/mol. The van der Waals surface area contributed by atoms with Crippen LogP contribution in [-0.2, 0) is 5.41 Å². The van der Waals surface area contributed by atoms with Crippen LogP contribution in [0.1, 0.15) is 25.0 Å². The lowest BCUT2D eigenvalue weighted by Crippen LogP contribution is -2.14. The molecule has 0 bridgehead atoms. The van der Waals surface area contributed by atoms with Crippen LogP contribution in [0.2, 0.25) is 0 Å². The van der Waals surface area contributed by atoms with E-state index < -0.39 is 0 Å². The van der Waals surface area contributed by atoms with Crippen LogP contribution in [0.4, 0.5) is 0 Å². The molecule has 2 nitrogen and oxygen atoms in total. The molecule has 0 spiro atoms. The quantitative estimate of drug-likeness (QED) is 0.165. The van der Waals surface area contributed by atoms with Gasteiger partial charge >= 0.3 is 0 Å². The highest BCUT2D eigenvalue weighted by atomic mass is 14.9. The summed E-state index contributed by atoms with van der Waals surface area (Å²) < 4.78 is 0. The summed E-state index contributed by atoms with van der Waals surface area (Å²) in [4.78, 5) is 10.5. The van der Waals surface area contributed by atoms with Crippen molar-refractivity contribution in [2.75, 3.05) is 0 Å². The summed E-state index contributed by atoms with van der Waals surface area (Å²) in [6.45, 7) is 4.70. The Balaban J connectivity index is 1.11. The summed E-state index contributed by atoms with van der Waals surface area (Å²) in [7, 11) is 0. The van der Waals surface area contributed by atoms with Gasteiger partial charge in [-0.05, 0) is 95.0 Å². The number of benzene rings is 9. The van der Waals surface area contributed by atoms with Crippen molar-refractivity contribution in [2.45, 2.75) is 19.3 Å². The lowest BCUT2D eigenvalue weighted by Gasteiger charge is -2.22. The van der Waals surface area contributed by atoms with Gasteiger partial charge in [0.05, 0.1) is 11.4 Å². The smallest absolute Gasteiger partial charge is 0.160 e. The number of nitrogens with zero attached hydrogens (tertiary/aromatic N) is 2. The van der Waals surface area contributed by atoms with E-state index in [9.17, 15) is 0 Å². The van der Waals surface area contributed by atoms with Crippen molar-refractivity contribution < 1.29 is 0 Å². The monoisotopic (exact) mass is 726 g/mol. The Kier molecular flexibility index (Phi) is 7.55. The van der Waals surface area contributed by atoms with E-state index in [0.29, 0.717) is 5.82 Å². The SMILES string of the molecule is CC1(C)c2ccccc2-c2ccc(-c3ccc4c(c3)c3ccccc3c3cccc(-c5cc(-c6ccc(-c7ccccc7)cc6)nc(-c6ccccc6)n5)c34)cc21. The predicted molar refractivity (Wildman–Crippen MR) is 239 cm³/mol. The van der Waals surface area contributed by atoms with Crippen molar-refractivity contribution in [3.05, 3.63) is 205 Å². The fourth-order valence-electron chi connectivity index (χ4n) is 9.20. The lowest BCUT2D eigenvalue weighted by atomic mass is 9.81. The Morgan fingerprint density at radius 3 is 1.63 bits per heavy atom. The summed E-state index contributed by atoms with van der Waals surface area (Å²) in [5, 5.41) is 7.35. The van der Waals surface area contributed by atoms with Crippen LogP contribution in [0.5, 0.6) is 0 Å². The Morgan fingerprint density at radius 2 is 0.842 bits per heavy atom. The third-order valence-corrected chi connectivity index (χ3v) is 12.1. The fourth-order valence-corrected chi connectivity index (χ4v) is 9.20. The van der Waals surface area contributed by atoms with Gasteiger partial charge < -0.3 is 0 Å². The summed E-state index contributed by atoms with van der Waals surface area (Å²) in [5.41, 5.74) is 15.2. The van der Waals surface area contributed by atoms with Crippen LogP contribution in [0, 0.1) is 0 Å². The van der Waals surface area contributed by atoms with Gasteiger partial charge in [0.1, 0.15) is 0 Å². The highest BCUT2D eigenvalue weighted by Crippen LogP contribution is 2.50. The molecule has 1 aromatic heterocycles. The minimum atomic E-state index is -0.0600.